The van der Waals surface area contributed by atoms with Crippen LogP contribution in [0.2, 0.25) is 0 Å². The van der Waals surface area contributed by atoms with Gasteiger partial charge in [-0.3, -0.25) is 0 Å². The summed E-state index contributed by atoms with van der Waals surface area (Å²) in [5, 5.41) is 3.45. The summed E-state index contributed by atoms with van der Waals surface area (Å²) in [6, 6.07) is 0.690. The van der Waals surface area contributed by atoms with E-state index in [1.807, 2.05) is 13.8 Å². The van der Waals surface area contributed by atoms with Gasteiger partial charge in [0.15, 0.2) is 0 Å². The molecule has 1 aliphatic heterocycles. The minimum Gasteiger partial charge on any atom is -0.383 e. The number of nitrogens with one attached hydrogen (secondary N) is 1. The Hall–Kier alpha value is -0.120. The van der Waals surface area contributed by atoms with Gasteiger partial charge in [-0.15, -0.1) is 0 Å². The zero-order chi connectivity index (χ0) is 10.1. The minimum absolute atomic E-state index is 0.690. The number of nitrogens with zero attached hydrogens (tertiary/aromatic N) is 1. The van der Waals surface area contributed by atoms with Gasteiger partial charge in [0.2, 0.25) is 0 Å². The summed E-state index contributed by atoms with van der Waals surface area (Å²) in [5.74, 6) is 0. The molecule has 0 bridgehead atoms. The second-order valence-electron chi connectivity index (χ2n) is 3.19. The lowest BCUT2D eigenvalue weighted by Crippen LogP contribution is -2.33. The van der Waals surface area contributed by atoms with Gasteiger partial charge in [-0.1, -0.05) is 13.8 Å². The van der Waals surface area contributed by atoms with Crippen molar-refractivity contribution in [2.45, 2.75) is 26.3 Å². The molecule has 3 nitrogen and oxygen atoms in total. The van der Waals surface area contributed by atoms with Crippen molar-refractivity contribution in [1.29, 1.82) is 0 Å². The van der Waals surface area contributed by atoms with E-state index in [-0.39, 0.29) is 0 Å². The normalized spacial score (nSPS) is 22.6. The highest BCUT2D eigenvalue weighted by atomic mass is 16.5. The van der Waals surface area contributed by atoms with E-state index in [2.05, 4.69) is 17.3 Å². The second-order valence-corrected chi connectivity index (χ2v) is 3.19. The molecule has 0 aromatic carbocycles. The van der Waals surface area contributed by atoms with Crippen LogP contribution < -0.4 is 5.32 Å². The van der Waals surface area contributed by atoms with Crippen molar-refractivity contribution in [3.05, 3.63) is 0 Å². The van der Waals surface area contributed by atoms with E-state index in [1.54, 1.807) is 7.11 Å². The van der Waals surface area contributed by atoms with Gasteiger partial charge in [0, 0.05) is 26.2 Å². The smallest absolute Gasteiger partial charge is 0.0587 e. The van der Waals surface area contributed by atoms with Crippen molar-refractivity contribution in [3.63, 3.8) is 0 Å². The molecule has 3 heteroatoms. The zero-order valence-electron chi connectivity index (χ0n) is 9.47. The van der Waals surface area contributed by atoms with E-state index >= 15 is 0 Å². The van der Waals surface area contributed by atoms with E-state index in [0.717, 1.165) is 13.2 Å². The molecule has 0 saturated carbocycles. The van der Waals surface area contributed by atoms with Gasteiger partial charge in [-0.05, 0) is 20.0 Å². The Morgan fingerprint density at radius 1 is 1.46 bits per heavy atom. The van der Waals surface area contributed by atoms with Crippen LogP contribution in [0.3, 0.4) is 0 Å². The van der Waals surface area contributed by atoms with Crippen molar-refractivity contribution in [2.75, 3.05) is 40.4 Å². The van der Waals surface area contributed by atoms with E-state index in [1.165, 1.54) is 19.5 Å². The molecule has 1 unspecified atom stereocenters. The summed E-state index contributed by atoms with van der Waals surface area (Å²) in [4.78, 5) is 2.35. The van der Waals surface area contributed by atoms with Crippen molar-refractivity contribution in [3.8, 4) is 0 Å². The minimum atomic E-state index is 0.690. The molecule has 1 atom stereocenters. The highest BCUT2D eigenvalue weighted by Crippen LogP contribution is 2.04. The molecule has 0 aromatic rings. The van der Waals surface area contributed by atoms with E-state index < -0.39 is 0 Å². The highest BCUT2D eigenvalue weighted by Gasteiger charge is 2.17. The number of rotatable bonds is 4. The molecule has 0 aromatic heterocycles. The molecule has 13 heavy (non-hydrogen) atoms. The molecule has 1 rings (SSSR count). The molecular weight excluding hydrogens is 164 g/mol. The molecule has 80 valence electrons. The van der Waals surface area contributed by atoms with E-state index in [9.17, 15) is 0 Å². The van der Waals surface area contributed by atoms with E-state index in [4.69, 9.17) is 4.74 Å². The fraction of sp³-hybridized carbons (Fsp3) is 1.00. The molecular formula is C10H24N2O. The van der Waals surface area contributed by atoms with Gasteiger partial charge < -0.3 is 15.0 Å². The summed E-state index contributed by atoms with van der Waals surface area (Å²) in [5.41, 5.74) is 0. The molecule has 1 aliphatic rings. The standard InChI is InChI=1S/C8H18N2O.C2H6/c1-10-5-3-8(7-10)9-4-6-11-2;1-2/h8-9H,3-7H2,1-2H3;1-2H3. The van der Waals surface area contributed by atoms with Crippen molar-refractivity contribution in [1.82, 2.24) is 10.2 Å². The Kier molecular flexibility index (Phi) is 8.40. The van der Waals surface area contributed by atoms with Crippen LogP contribution in [0.15, 0.2) is 0 Å². The highest BCUT2D eigenvalue weighted by molar-refractivity contribution is 4.78. The third kappa shape index (κ3) is 6.02. The summed E-state index contributed by atoms with van der Waals surface area (Å²) >= 11 is 0. The van der Waals surface area contributed by atoms with Gasteiger partial charge in [-0.2, -0.15) is 0 Å². The first-order chi connectivity index (χ1) is 6.33. The zero-order valence-corrected chi connectivity index (χ0v) is 9.47. The molecule has 1 saturated heterocycles. The van der Waals surface area contributed by atoms with Crippen LogP contribution in [0.1, 0.15) is 20.3 Å². The average Bonchev–Trinajstić information content (AvgIpc) is 2.56. The number of likely N-dealkylation sites (tertiary alicyclic amines) is 1. The first-order valence-corrected chi connectivity index (χ1v) is 5.24. The molecule has 1 fully saturated rings. The molecule has 0 spiro atoms. The fourth-order valence-corrected chi connectivity index (χ4v) is 1.47. The monoisotopic (exact) mass is 188 g/mol. The number of ether oxygens (including phenoxy) is 1. The third-order valence-electron chi connectivity index (χ3n) is 2.13. The summed E-state index contributed by atoms with van der Waals surface area (Å²) in [6.45, 7) is 8.21. The van der Waals surface area contributed by atoms with Crippen molar-refractivity contribution in [2.24, 2.45) is 0 Å². The topological polar surface area (TPSA) is 24.5 Å². The maximum atomic E-state index is 4.95. The summed E-state index contributed by atoms with van der Waals surface area (Å²) < 4.78 is 4.95. The first-order valence-electron chi connectivity index (χ1n) is 5.24. The summed E-state index contributed by atoms with van der Waals surface area (Å²) in [7, 11) is 3.90. The Morgan fingerprint density at radius 3 is 2.62 bits per heavy atom. The SMILES string of the molecule is CC.COCCNC1CCN(C)C1. The van der Waals surface area contributed by atoms with Gasteiger partial charge in [0.25, 0.3) is 0 Å². The lowest BCUT2D eigenvalue weighted by atomic mass is 10.3. The third-order valence-corrected chi connectivity index (χ3v) is 2.13. The predicted octanol–water partition coefficient (Wildman–Crippen LogP) is 0.953. The van der Waals surface area contributed by atoms with E-state index in [0.29, 0.717) is 6.04 Å². The lowest BCUT2D eigenvalue weighted by Gasteiger charge is -2.11. The number of hydrogen-bond donors (Lipinski definition) is 1. The Bertz CT molecular complexity index is 109. The average molecular weight is 188 g/mol. The number of hydrogen-bond acceptors (Lipinski definition) is 3. The summed E-state index contributed by atoms with van der Waals surface area (Å²) in [6.07, 6.45) is 1.28. The number of likely N-dealkylation sites (N-methyl/N-ethyl adjacent to an activating group) is 1. The molecule has 0 aliphatic carbocycles. The number of methoxy groups -OCH3 is 1. The van der Waals surface area contributed by atoms with Crippen LogP contribution in [0.4, 0.5) is 0 Å². The van der Waals surface area contributed by atoms with Gasteiger partial charge in [0.05, 0.1) is 6.61 Å². The van der Waals surface area contributed by atoms with Gasteiger partial charge in [-0.25, -0.2) is 0 Å². The Morgan fingerprint density at radius 2 is 2.15 bits per heavy atom. The fourth-order valence-electron chi connectivity index (χ4n) is 1.47. The first kappa shape index (κ1) is 12.9. The van der Waals surface area contributed by atoms with Crippen LogP contribution in [-0.4, -0.2) is 51.3 Å². The van der Waals surface area contributed by atoms with Crippen LogP contribution >= 0.6 is 0 Å². The second kappa shape index (κ2) is 8.48. The maximum Gasteiger partial charge on any atom is 0.0587 e. The van der Waals surface area contributed by atoms with Gasteiger partial charge >= 0.3 is 0 Å². The van der Waals surface area contributed by atoms with Crippen molar-refractivity contribution >= 4 is 0 Å². The quantitative estimate of drug-likeness (QED) is 0.665. The largest absolute Gasteiger partial charge is 0.383 e. The van der Waals surface area contributed by atoms with Crippen molar-refractivity contribution < 1.29 is 4.74 Å². The van der Waals surface area contributed by atoms with Crippen LogP contribution in [0, 0.1) is 0 Å². The molecule has 0 radical (unpaired) electrons. The predicted molar refractivity (Wildman–Crippen MR) is 57.1 cm³/mol. The Balaban J connectivity index is 0.000000671. The molecule has 1 heterocycles. The van der Waals surface area contributed by atoms with Gasteiger partial charge in [0.1, 0.15) is 0 Å². The van der Waals surface area contributed by atoms with Crippen LogP contribution in [-0.2, 0) is 4.74 Å². The van der Waals surface area contributed by atoms with Crippen LogP contribution in [0.5, 0.6) is 0 Å². The maximum absolute atomic E-state index is 4.95. The van der Waals surface area contributed by atoms with Crippen LogP contribution in [0.25, 0.3) is 0 Å². The Labute approximate surface area is 82.4 Å². The molecule has 1 N–H and O–H groups in total. The lowest BCUT2D eigenvalue weighted by molar-refractivity contribution is 0.195. The molecule has 0 amide bonds.